The molecule has 29 heavy (non-hydrogen) atoms. The molecule has 1 aromatic heterocycles. The van der Waals surface area contributed by atoms with E-state index in [0.717, 1.165) is 56.2 Å². The number of nitrogens with one attached hydrogen (secondary N) is 2. The number of imidazole rings is 1. The van der Waals surface area contributed by atoms with Crippen LogP contribution in [0, 0.1) is 0 Å². The monoisotopic (exact) mass is 398 g/mol. The zero-order valence-corrected chi connectivity index (χ0v) is 17.2. The second kappa shape index (κ2) is 8.52. The molecule has 2 aliphatic heterocycles. The van der Waals surface area contributed by atoms with E-state index in [1.54, 1.807) is 17.4 Å². The first-order valence-electron chi connectivity index (χ1n) is 10.2. The van der Waals surface area contributed by atoms with Crippen LogP contribution >= 0.6 is 0 Å². The van der Waals surface area contributed by atoms with Crippen molar-refractivity contribution >= 4 is 11.7 Å². The number of nitrogens with zero attached hydrogens (tertiary/aromatic N) is 4. The molecule has 1 aromatic carbocycles. The minimum absolute atomic E-state index is 0.114. The van der Waals surface area contributed by atoms with Crippen molar-refractivity contribution in [2.75, 3.05) is 57.9 Å². The van der Waals surface area contributed by atoms with E-state index >= 15 is 0 Å². The fourth-order valence-corrected chi connectivity index (χ4v) is 3.75. The van der Waals surface area contributed by atoms with Crippen LogP contribution in [0.1, 0.15) is 13.8 Å². The predicted molar refractivity (Wildman–Crippen MR) is 113 cm³/mol. The van der Waals surface area contributed by atoms with E-state index in [4.69, 9.17) is 4.74 Å². The van der Waals surface area contributed by atoms with Crippen LogP contribution in [-0.4, -0.2) is 83.5 Å². The molecule has 0 radical (unpaired) electrons. The maximum Gasteiger partial charge on any atom is 0.331 e. The molecule has 8 nitrogen and oxygen atoms in total. The van der Waals surface area contributed by atoms with Crippen molar-refractivity contribution in [1.82, 2.24) is 24.7 Å². The van der Waals surface area contributed by atoms with Crippen molar-refractivity contribution < 1.29 is 9.53 Å². The summed E-state index contributed by atoms with van der Waals surface area (Å²) in [5.74, 6) is 0. The summed E-state index contributed by atoms with van der Waals surface area (Å²) in [6.45, 7) is 11.1. The summed E-state index contributed by atoms with van der Waals surface area (Å²) < 4.78 is 7.00. The molecule has 156 valence electrons. The third-order valence-corrected chi connectivity index (χ3v) is 5.57. The van der Waals surface area contributed by atoms with Gasteiger partial charge in [0, 0.05) is 56.7 Å². The van der Waals surface area contributed by atoms with E-state index in [1.165, 1.54) is 4.57 Å². The van der Waals surface area contributed by atoms with E-state index in [9.17, 15) is 4.79 Å². The molecule has 0 bridgehead atoms. The fraction of sp³-hybridized carbons (Fsp3) is 0.524. The number of anilines is 1. The first-order chi connectivity index (χ1) is 14.0. The Kier molecular flexibility index (Phi) is 5.84. The Morgan fingerprint density at radius 2 is 2.14 bits per heavy atom. The Balaban J connectivity index is 1.39. The molecule has 1 amide bonds. The van der Waals surface area contributed by atoms with Crippen molar-refractivity contribution in [2.24, 2.45) is 0 Å². The smallest absolute Gasteiger partial charge is 0.331 e. The largest absolute Gasteiger partial charge is 0.384 e. The third-order valence-electron chi connectivity index (χ3n) is 5.57. The van der Waals surface area contributed by atoms with Crippen molar-refractivity contribution in [1.29, 1.82) is 0 Å². The molecule has 2 aliphatic rings. The van der Waals surface area contributed by atoms with Gasteiger partial charge in [0.25, 0.3) is 0 Å². The first-order valence-corrected chi connectivity index (χ1v) is 10.2. The highest BCUT2D eigenvalue weighted by Crippen LogP contribution is 2.24. The predicted octanol–water partition coefficient (Wildman–Crippen LogP) is 1.90. The van der Waals surface area contributed by atoms with Gasteiger partial charge < -0.3 is 15.4 Å². The molecule has 0 saturated carbocycles. The zero-order chi connectivity index (χ0) is 20.3. The fourth-order valence-electron chi connectivity index (χ4n) is 3.75. The molecular weight excluding hydrogens is 368 g/mol. The molecule has 0 aliphatic carbocycles. The number of rotatable bonds is 5. The summed E-state index contributed by atoms with van der Waals surface area (Å²) in [5.41, 5.74) is 2.52. The molecule has 2 fully saturated rings. The number of hydrogen-bond acceptors (Lipinski definition) is 6. The van der Waals surface area contributed by atoms with Crippen molar-refractivity contribution in [3.05, 3.63) is 36.8 Å². The first kappa shape index (κ1) is 19.9. The van der Waals surface area contributed by atoms with E-state index in [0.29, 0.717) is 13.3 Å². The second-order valence-electron chi connectivity index (χ2n) is 8.27. The summed E-state index contributed by atoms with van der Waals surface area (Å²) in [4.78, 5) is 21.5. The lowest BCUT2D eigenvalue weighted by Crippen LogP contribution is -2.45. The molecule has 0 spiro atoms. The lowest BCUT2D eigenvalue weighted by atomic mass is 10.1. The number of hydrogen-bond donors (Lipinski definition) is 2. The van der Waals surface area contributed by atoms with Gasteiger partial charge in [0.1, 0.15) is 13.1 Å². The van der Waals surface area contributed by atoms with E-state index < -0.39 is 0 Å². The molecule has 0 atom stereocenters. The van der Waals surface area contributed by atoms with E-state index in [1.807, 2.05) is 26.0 Å². The van der Waals surface area contributed by atoms with Crippen LogP contribution in [0.4, 0.5) is 10.5 Å². The van der Waals surface area contributed by atoms with Crippen LogP contribution in [0.2, 0.25) is 0 Å². The zero-order valence-electron chi connectivity index (χ0n) is 17.2. The van der Waals surface area contributed by atoms with Gasteiger partial charge in [-0.05, 0) is 26.0 Å². The quantitative estimate of drug-likeness (QED) is 0.801. The summed E-state index contributed by atoms with van der Waals surface area (Å²) in [6, 6.07) is 8.06. The molecule has 8 heteroatoms. The molecular formula is C21H30N6O2. The van der Waals surface area contributed by atoms with Crippen LogP contribution in [0.25, 0.3) is 11.3 Å². The Morgan fingerprint density at radius 1 is 1.31 bits per heavy atom. The van der Waals surface area contributed by atoms with Crippen molar-refractivity contribution in [2.45, 2.75) is 19.4 Å². The van der Waals surface area contributed by atoms with Gasteiger partial charge in [0.2, 0.25) is 0 Å². The molecule has 4 rings (SSSR count). The number of aromatic nitrogens is 2. The number of carbonyl (C=O) groups excluding carboxylic acids is 1. The Morgan fingerprint density at radius 3 is 2.90 bits per heavy atom. The van der Waals surface area contributed by atoms with Gasteiger partial charge in [0.15, 0.2) is 0 Å². The normalized spacial score (nSPS) is 19.4. The van der Waals surface area contributed by atoms with Crippen molar-refractivity contribution in [3.8, 4) is 11.3 Å². The van der Waals surface area contributed by atoms with Crippen LogP contribution in [0.3, 0.4) is 0 Å². The van der Waals surface area contributed by atoms with Gasteiger partial charge in [-0.2, -0.15) is 0 Å². The Hall–Kier alpha value is -2.42. The molecule has 2 N–H and O–H groups in total. The topological polar surface area (TPSA) is 74.7 Å². The lowest BCUT2D eigenvalue weighted by Gasteiger charge is -2.28. The molecule has 2 aromatic rings. The highest BCUT2D eigenvalue weighted by molar-refractivity contribution is 5.79. The maximum absolute atomic E-state index is 12.8. The van der Waals surface area contributed by atoms with E-state index in [2.05, 4.69) is 32.7 Å². The summed E-state index contributed by atoms with van der Waals surface area (Å²) in [5, 5.41) is 6.87. The Bertz CT molecular complexity index is 843. The number of ether oxygens (including phenoxy) is 1. The number of benzene rings is 1. The highest BCUT2D eigenvalue weighted by Gasteiger charge is 2.37. The van der Waals surface area contributed by atoms with Crippen molar-refractivity contribution in [3.63, 3.8) is 0 Å². The summed E-state index contributed by atoms with van der Waals surface area (Å²) in [6.07, 6.45) is 3.37. The van der Waals surface area contributed by atoms with Gasteiger partial charge in [-0.25, -0.2) is 9.78 Å². The number of piperazine rings is 1. The van der Waals surface area contributed by atoms with Crippen LogP contribution < -0.4 is 10.6 Å². The van der Waals surface area contributed by atoms with E-state index in [-0.39, 0.29) is 11.6 Å². The Labute approximate surface area is 171 Å². The third kappa shape index (κ3) is 4.60. The van der Waals surface area contributed by atoms with Gasteiger partial charge in [-0.1, -0.05) is 12.1 Å². The second-order valence-corrected chi connectivity index (χ2v) is 8.27. The van der Waals surface area contributed by atoms with Gasteiger partial charge in [-0.3, -0.25) is 14.4 Å². The molecule has 3 heterocycles. The van der Waals surface area contributed by atoms with Gasteiger partial charge in [-0.15, -0.1) is 0 Å². The van der Waals surface area contributed by atoms with Crippen LogP contribution in [0.15, 0.2) is 36.8 Å². The lowest BCUT2D eigenvalue weighted by molar-refractivity contribution is 0.140. The summed E-state index contributed by atoms with van der Waals surface area (Å²) >= 11 is 0. The summed E-state index contributed by atoms with van der Waals surface area (Å²) in [7, 11) is 0. The SMILES string of the molecule is CC1(C)COCN1C(=O)n1cnc(-c2cccc(NCCN3CCNCC3)c2)c1. The average molecular weight is 399 g/mol. The number of amides is 1. The standard InChI is InChI=1S/C21H30N6O2/c1-21(2)14-29-16-27(21)20(28)26-13-19(24-15-26)17-4-3-5-18(12-17)23-8-11-25-9-6-22-7-10-25/h3-5,12-13,15,22-23H,6-11,14,16H2,1-2H3. The average Bonchev–Trinajstić information content (AvgIpc) is 3.35. The maximum atomic E-state index is 12.8. The molecule has 2 saturated heterocycles. The van der Waals surface area contributed by atoms with Crippen LogP contribution in [0.5, 0.6) is 0 Å². The number of carbonyl (C=O) groups is 1. The van der Waals surface area contributed by atoms with Gasteiger partial charge in [0.05, 0.1) is 17.8 Å². The highest BCUT2D eigenvalue weighted by atomic mass is 16.5. The molecule has 0 unspecified atom stereocenters. The minimum Gasteiger partial charge on any atom is -0.384 e. The van der Waals surface area contributed by atoms with Gasteiger partial charge >= 0.3 is 6.03 Å². The minimum atomic E-state index is -0.310. The van der Waals surface area contributed by atoms with Crippen LogP contribution in [-0.2, 0) is 4.74 Å².